The number of nitrogens with two attached hydrogens (primary N) is 1. The van der Waals surface area contributed by atoms with Crippen LogP contribution >= 0.6 is 11.3 Å². The summed E-state index contributed by atoms with van der Waals surface area (Å²) in [6.45, 7) is 4.58. The maximum atomic E-state index is 5.50. The van der Waals surface area contributed by atoms with Crippen molar-refractivity contribution in [3.05, 3.63) is 11.5 Å². The highest BCUT2D eigenvalue weighted by Gasteiger charge is 2.14. The third-order valence-corrected chi connectivity index (χ3v) is 3.23. The molecule has 0 atom stereocenters. The average molecular weight is 227 g/mol. The van der Waals surface area contributed by atoms with E-state index in [1.807, 2.05) is 19.0 Å². The Morgan fingerprint density at radius 3 is 2.73 bits per heavy atom. The van der Waals surface area contributed by atoms with Gasteiger partial charge in [-0.05, 0) is 18.5 Å². The molecule has 5 heteroatoms. The van der Waals surface area contributed by atoms with Gasteiger partial charge in [0.25, 0.3) is 0 Å². The van der Waals surface area contributed by atoms with Gasteiger partial charge in [0.15, 0.2) is 5.13 Å². The number of thiazole rings is 1. The molecule has 84 valence electrons. The summed E-state index contributed by atoms with van der Waals surface area (Å²) in [7, 11) is 5.52. The van der Waals surface area contributed by atoms with Gasteiger partial charge in [0, 0.05) is 14.1 Å². The first-order valence-corrected chi connectivity index (χ1v) is 5.52. The van der Waals surface area contributed by atoms with Gasteiger partial charge in [-0.15, -0.1) is 0 Å². The van der Waals surface area contributed by atoms with Gasteiger partial charge in [-0.25, -0.2) is 0 Å². The van der Waals surface area contributed by atoms with Crippen molar-refractivity contribution in [3.63, 3.8) is 0 Å². The standard InChI is InChI=1S/C10H17N3OS/c1-7(5-6-11)8-9(14-4)12-10(15-8)13(2)3/h1,5-6,11H2,2-4H3. The smallest absolute Gasteiger partial charge is 0.233 e. The molecule has 0 aliphatic rings. The minimum atomic E-state index is 0.594. The van der Waals surface area contributed by atoms with E-state index >= 15 is 0 Å². The summed E-state index contributed by atoms with van der Waals surface area (Å²) >= 11 is 1.57. The molecule has 1 aromatic heterocycles. The summed E-state index contributed by atoms with van der Waals surface area (Å²) in [6.07, 6.45) is 0.769. The first kappa shape index (κ1) is 12.0. The second kappa shape index (κ2) is 5.14. The number of anilines is 1. The summed E-state index contributed by atoms with van der Waals surface area (Å²) in [5.74, 6) is 0.641. The Morgan fingerprint density at radius 2 is 2.27 bits per heavy atom. The molecule has 0 spiro atoms. The Hall–Kier alpha value is -1.07. The topological polar surface area (TPSA) is 51.4 Å². The fraction of sp³-hybridized carbons (Fsp3) is 0.500. The normalized spacial score (nSPS) is 10.1. The van der Waals surface area contributed by atoms with Crippen LogP contribution in [0.4, 0.5) is 5.13 Å². The lowest BCUT2D eigenvalue weighted by atomic mass is 10.2. The van der Waals surface area contributed by atoms with E-state index in [0.29, 0.717) is 12.4 Å². The van der Waals surface area contributed by atoms with Gasteiger partial charge < -0.3 is 15.4 Å². The number of ether oxygens (including phenoxy) is 1. The van der Waals surface area contributed by atoms with Gasteiger partial charge in [-0.3, -0.25) is 0 Å². The second-order valence-electron chi connectivity index (χ2n) is 3.37. The van der Waals surface area contributed by atoms with Crippen molar-refractivity contribution in [2.24, 2.45) is 5.73 Å². The van der Waals surface area contributed by atoms with Gasteiger partial charge in [-0.1, -0.05) is 17.9 Å². The highest BCUT2D eigenvalue weighted by atomic mass is 32.1. The Labute approximate surface area is 94.4 Å². The van der Waals surface area contributed by atoms with Crippen LogP contribution in [0.25, 0.3) is 5.57 Å². The predicted octanol–water partition coefficient (Wildman–Crippen LogP) is 1.58. The van der Waals surface area contributed by atoms with E-state index in [0.717, 1.165) is 22.0 Å². The molecule has 0 fully saturated rings. The third-order valence-electron chi connectivity index (χ3n) is 1.93. The second-order valence-corrected chi connectivity index (χ2v) is 4.35. The van der Waals surface area contributed by atoms with Crippen LogP contribution in [0.15, 0.2) is 6.58 Å². The summed E-state index contributed by atoms with van der Waals surface area (Å²) in [4.78, 5) is 7.30. The molecule has 1 heterocycles. The minimum Gasteiger partial charge on any atom is -0.480 e. The monoisotopic (exact) mass is 227 g/mol. The molecular formula is C10H17N3OS. The Kier molecular flexibility index (Phi) is 4.11. The summed E-state index contributed by atoms with van der Waals surface area (Å²) in [5, 5.41) is 0.917. The van der Waals surface area contributed by atoms with Crippen molar-refractivity contribution in [1.82, 2.24) is 4.98 Å². The maximum absolute atomic E-state index is 5.50. The van der Waals surface area contributed by atoms with Crippen LogP contribution in [0.1, 0.15) is 11.3 Å². The van der Waals surface area contributed by atoms with Gasteiger partial charge in [0.2, 0.25) is 5.88 Å². The van der Waals surface area contributed by atoms with Crippen LogP contribution in [-0.2, 0) is 0 Å². The fourth-order valence-electron chi connectivity index (χ4n) is 1.14. The zero-order valence-corrected chi connectivity index (χ0v) is 10.2. The predicted molar refractivity (Wildman–Crippen MR) is 65.7 cm³/mol. The van der Waals surface area contributed by atoms with Crippen LogP contribution in [0, 0.1) is 0 Å². The minimum absolute atomic E-state index is 0.594. The van der Waals surface area contributed by atoms with Crippen LogP contribution < -0.4 is 15.4 Å². The third kappa shape index (κ3) is 2.70. The first-order valence-electron chi connectivity index (χ1n) is 4.70. The summed E-state index contributed by atoms with van der Waals surface area (Å²) < 4.78 is 5.21. The first-order chi connectivity index (χ1) is 7.10. The molecule has 0 aromatic carbocycles. The lowest BCUT2D eigenvalue weighted by Crippen LogP contribution is -2.07. The maximum Gasteiger partial charge on any atom is 0.233 e. The number of rotatable bonds is 5. The van der Waals surface area contributed by atoms with E-state index in [-0.39, 0.29) is 0 Å². The molecular weight excluding hydrogens is 210 g/mol. The molecule has 0 amide bonds. The average Bonchev–Trinajstić information content (AvgIpc) is 2.61. The lowest BCUT2D eigenvalue weighted by Gasteiger charge is -2.05. The van der Waals surface area contributed by atoms with Crippen molar-refractivity contribution in [3.8, 4) is 5.88 Å². The van der Waals surface area contributed by atoms with E-state index in [4.69, 9.17) is 10.5 Å². The molecule has 0 saturated carbocycles. The Morgan fingerprint density at radius 1 is 1.60 bits per heavy atom. The number of aromatic nitrogens is 1. The van der Waals surface area contributed by atoms with Gasteiger partial charge in [0.05, 0.1) is 12.0 Å². The number of methoxy groups -OCH3 is 1. The number of hydrogen-bond acceptors (Lipinski definition) is 5. The molecule has 1 aromatic rings. The largest absolute Gasteiger partial charge is 0.480 e. The molecule has 1 rings (SSSR count). The van der Waals surface area contributed by atoms with E-state index in [1.54, 1.807) is 18.4 Å². The highest BCUT2D eigenvalue weighted by Crippen LogP contribution is 2.35. The summed E-state index contributed by atoms with van der Waals surface area (Å²) in [5.41, 5.74) is 6.48. The van der Waals surface area contributed by atoms with Gasteiger partial charge in [0.1, 0.15) is 0 Å². The lowest BCUT2D eigenvalue weighted by molar-refractivity contribution is 0.399. The zero-order chi connectivity index (χ0) is 11.4. The fourth-order valence-corrected chi connectivity index (χ4v) is 2.09. The molecule has 4 nitrogen and oxygen atoms in total. The molecule has 15 heavy (non-hydrogen) atoms. The van der Waals surface area contributed by atoms with Crippen LogP contribution in [0.3, 0.4) is 0 Å². The SMILES string of the molecule is C=C(CCN)c1sc(N(C)C)nc1OC. The van der Waals surface area contributed by atoms with E-state index in [1.165, 1.54) is 0 Å². The zero-order valence-electron chi connectivity index (χ0n) is 9.41. The van der Waals surface area contributed by atoms with Gasteiger partial charge >= 0.3 is 0 Å². The van der Waals surface area contributed by atoms with Crippen LogP contribution in [0.2, 0.25) is 0 Å². The number of nitrogens with zero attached hydrogens (tertiary/aromatic N) is 2. The highest BCUT2D eigenvalue weighted by molar-refractivity contribution is 7.17. The van der Waals surface area contributed by atoms with Crippen molar-refractivity contribution in [1.29, 1.82) is 0 Å². The van der Waals surface area contributed by atoms with E-state index < -0.39 is 0 Å². The summed E-state index contributed by atoms with van der Waals surface area (Å²) in [6, 6.07) is 0. The number of hydrogen-bond donors (Lipinski definition) is 1. The molecule has 0 unspecified atom stereocenters. The van der Waals surface area contributed by atoms with Gasteiger partial charge in [-0.2, -0.15) is 4.98 Å². The van der Waals surface area contributed by atoms with Crippen molar-refractivity contribution in [2.75, 3.05) is 32.6 Å². The van der Waals surface area contributed by atoms with E-state index in [2.05, 4.69) is 11.6 Å². The molecule has 0 saturated heterocycles. The quantitative estimate of drug-likeness (QED) is 0.829. The van der Waals surface area contributed by atoms with Crippen LogP contribution in [0.5, 0.6) is 5.88 Å². The van der Waals surface area contributed by atoms with Crippen molar-refractivity contribution < 1.29 is 4.74 Å². The molecule has 0 radical (unpaired) electrons. The molecule has 0 aliphatic carbocycles. The molecule has 0 aliphatic heterocycles. The molecule has 2 N–H and O–H groups in total. The molecule has 0 bridgehead atoms. The Balaban J connectivity index is 3.00. The van der Waals surface area contributed by atoms with Crippen LogP contribution in [-0.4, -0.2) is 32.7 Å². The van der Waals surface area contributed by atoms with E-state index in [9.17, 15) is 0 Å². The van der Waals surface area contributed by atoms with Crippen molar-refractivity contribution in [2.45, 2.75) is 6.42 Å². The Bertz CT molecular complexity index is 346. The van der Waals surface area contributed by atoms with Crippen molar-refractivity contribution >= 4 is 22.0 Å².